The highest BCUT2D eigenvalue weighted by Crippen LogP contribution is 2.16. The minimum Gasteiger partial charge on any atom is -0.461 e. The highest BCUT2D eigenvalue weighted by Gasteiger charge is 2.11. The summed E-state index contributed by atoms with van der Waals surface area (Å²) in [6.07, 6.45) is 3.62. The zero-order chi connectivity index (χ0) is 13.0. The Morgan fingerprint density at radius 1 is 1.61 bits per heavy atom. The van der Waals surface area contributed by atoms with E-state index < -0.39 is 5.97 Å². The van der Waals surface area contributed by atoms with Crippen LogP contribution in [0.5, 0.6) is 0 Å². The Bertz CT molecular complexity index is 535. The Kier molecular flexibility index (Phi) is 3.93. The van der Waals surface area contributed by atoms with Crippen molar-refractivity contribution in [2.75, 3.05) is 11.9 Å². The summed E-state index contributed by atoms with van der Waals surface area (Å²) in [6, 6.07) is 0. The summed E-state index contributed by atoms with van der Waals surface area (Å²) in [5.74, 6) is 0.515. The number of nitrogens with zero attached hydrogens (tertiary/aromatic N) is 3. The van der Waals surface area contributed by atoms with Crippen LogP contribution >= 0.6 is 11.3 Å². The van der Waals surface area contributed by atoms with Crippen molar-refractivity contribution in [1.82, 2.24) is 14.5 Å². The topological polar surface area (TPSA) is 69.0 Å². The standard InChI is InChI=1S/C11H14N4O2S/c1-3-17-10(16)8-7-18-11(14-8)13-6-9-12-4-5-15(9)2/h4-5,7H,3,6H2,1-2H3,(H,13,14). The van der Waals surface area contributed by atoms with Gasteiger partial charge in [0, 0.05) is 24.8 Å². The monoisotopic (exact) mass is 266 g/mol. The molecule has 0 bridgehead atoms. The summed E-state index contributed by atoms with van der Waals surface area (Å²) < 4.78 is 6.80. The number of aromatic nitrogens is 3. The van der Waals surface area contributed by atoms with Crippen LogP contribution in [0, 0.1) is 0 Å². The molecule has 96 valence electrons. The molecule has 1 N–H and O–H groups in total. The minimum atomic E-state index is -0.390. The average molecular weight is 266 g/mol. The maximum absolute atomic E-state index is 11.4. The molecule has 0 aliphatic carbocycles. The first-order chi connectivity index (χ1) is 8.70. The van der Waals surface area contributed by atoms with Crippen LogP contribution in [-0.4, -0.2) is 27.1 Å². The summed E-state index contributed by atoms with van der Waals surface area (Å²) in [5, 5.41) is 5.48. The van der Waals surface area contributed by atoms with Crippen LogP contribution in [0.1, 0.15) is 23.2 Å². The molecular formula is C11H14N4O2S. The number of imidazole rings is 1. The third kappa shape index (κ3) is 2.86. The Labute approximate surface area is 109 Å². The van der Waals surface area contributed by atoms with Crippen LogP contribution in [0.2, 0.25) is 0 Å². The number of thiazole rings is 1. The van der Waals surface area contributed by atoms with E-state index in [-0.39, 0.29) is 0 Å². The van der Waals surface area contributed by atoms with Crippen LogP contribution in [0.4, 0.5) is 5.13 Å². The van der Waals surface area contributed by atoms with Crippen LogP contribution in [0.25, 0.3) is 0 Å². The molecule has 0 saturated heterocycles. The smallest absolute Gasteiger partial charge is 0.357 e. The molecule has 0 unspecified atom stereocenters. The number of hydrogen-bond acceptors (Lipinski definition) is 6. The fourth-order valence-corrected chi connectivity index (χ4v) is 2.05. The van der Waals surface area contributed by atoms with Gasteiger partial charge in [-0.15, -0.1) is 11.3 Å². The zero-order valence-corrected chi connectivity index (χ0v) is 11.0. The van der Waals surface area contributed by atoms with Gasteiger partial charge in [0.1, 0.15) is 5.82 Å². The van der Waals surface area contributed by atoms with Crippen molar-refractivity contribution >= 4 is 22.4 Å². The molecule has 2 aromatic rings. The molecule has 2 heterocycles. The lowest BCUT2D eigenvalue weighted by molar-refractivity contribution is 0.0520. The van der Waals surface area contributed by atoms with E-state index in [0.29, 0.717) is 24.0 Å². The van der Waals surface area contributed by atoms with E-state index in [0.717, 1.165) is 5.82 Å². The maximum atomic E-state index is 11.4. The van der Waals surface area contributed by atoms with Gasteiger partial charge in [0.15, 0.2) is 10.8 Å². The first-order valence-corrected chi connectivity index (χ1v) is 6.41. The van der Waals surface area contributed by atoms with Gasteiger partial charge < -0.3 is 14.6 Å². The van der Waals surface area contributed by atoms with E-state index in [4.69, 9.17) is 4.74 Å². The fourth-order valence-electron chi connectivity index (χ4n) is 1.38. The highest BCUT2D eigenvalue weighted by atomic mass is 32.1. The van der Waals surface area contributed by atoms with Gasteiger partial charge in [-0.2, -0.15) is 0 Å². The third-order valence-corrected chi connectivity index (χ3v) is 3.11. The zero-order valence-electron chi connectivity index (χ0n) is 10.2. The molecule has 0 saturated carbocycles. The Hall–Kier alpha value is -1.89. The van der Waals surface area contributed by atoms with Crippen LogP contribution < -0.4 is 5.32 Å². The lowest BCUT2D eigenvalue weighted by Gasteiger charge is -2.02. The molecule has 0 aliphatic heterocycles. The summed E-state index contributed by atoms with van der Waals surface area (Å²) in [7, 11) is 1.93. The molecule has 0 radical (unpaired) electrons. The van der Waals surface area contributed by atoms with Crippen molar-refractivity contribution in [1.29, 1.82) is 0 Å². The quantitative estimate of drug-likeness (QED) is 0.834. The first kappa shape index (κ1) is 12.6. The number of esters is 1. The van der Waals surface area contributed by atoms with Gasteiger partial charge in [0.05, 0.1) is 13.2 Å². The third-order valence-electron chi connectivity index (χ3n) is 2.31. The SMILES string of the molecule is CCOC(=O)c1csc(NCc2nccn2C)n1. The molecule has 7 heteroatoms. The highest BCUT2D eigenvalue weighted by molar-refractivity contribution is 7.13. The van der Waals surface area contributed by atoms with Gasteiger partial charge in [-0.1, -0.05) is 0 Å². The minimum absolute atomic E-state index is 0.337. The molecule has 6 nitrogen and oxygen atoms in total. The van der Waals surface area contributed by atoms with E-state index in [1.165, 1.54) is 11.3 Å². The largest absolute Gasteiger partial charge is 0.461 e. The lowest BCUT2D eigenvalue weighted by atomic mass is 10.5. The average Bonchev–Trinajstić information content (AvgIpc) is 2.96. The van der Waals surface area contributed by atoms with Gasteiger partial charge >= 0.3 is 5.97 Å². The number of rotatable bonds is 5. The van der Waals surface area contributed by atoms with Crippen molar-refractivity contribution in [2.24, 2.45) is 7.05 Å². The number of carbonyl (C=O) groups excluding carboxylic acids is 1. The van der Waals surface area contributed by atoms with Crippen molar-refractivity contribution in [3.8, 4) is 0 Å². The maximum Gasteiger partial charge on any atom is 0.357 e. The number of aryl methyl sites for hydroxylation is 1. The van der Waals surface area contributed by atoms with Crippen LogP contribution in [0.15, 0.2) is 17.8 Å². The van der Waals surface area contributed by atoms with Gasteiger partial charge in [0.2, 0.25) is 0 Å². The normalized spacial score (nSPS) is 10.3. The Morgan fingerprint density at radius 3 is 3.11 bits per heavy atom. The Balaban J connectivity index is 1.95. The molecular weight excluding hydrogens is 252 g/mol. The lowest BCUT2D eigenvalue weighted by Crippen LogP contribution is -2.07. The molecule has 0 aliphatic rings. The summed E-state index contributed by atoms with van der Waals surface area (Å²) in [5.41, 5.74) is 0.337. The number of carbonyl (C=O) groups is 1. The molecule has 0 spiro atoms. The van der Waals surface area contributed by atoms with Crippen LogP contribution in [0.3, 0.4) is 0 Å². The van der Waals surface area contributed by atoms with E-state index in [1.807, 2.05) is 17.8 Å². The molecule has 0 atom stereocenters. The molecule has 0 fully saturated rings. The second-order valence-electron chi connectivity index (χ2n) is 3.57. The second-order valence-corrected chi connectivity index (χ2v) is 4.42. The van der Waals surface area contributed by atoms with E-state index in [9.17, 15) is 4.79 Å². The van der Waals surface area contributed by atoms with E-state index in [1.54, 1.807) is 18.5 Å². The second kappa shape index (κ2) is 5.63. The summed E-state index contributed by atoms with van der Waals surface area (Å²) in [4.78, 5) is 19.8. The van der Waals surface area contributed by atoms with Gasteiger partial charge in [-0.3, -0.25) is 0 Å². The number of anilines is 1. The number of hydrogen-bond donors (Lipinski definition) is 1. The summed E-state index contributed by atoms with van der Waals surface area (Å²) >= 11 is 1.37. The number of nitrogens with one attached hydrogen (secondary N) is 1. The molecule has 0 amide bonds. The van der Waals surface area contributed by atoms with Crippen molar-refractivity contribution in [3.63, 3.8) is 0 Å². The molecule has 2 rings (SSSR count). The number of ether oxygens (including phenoxy) is 1. The van der Waals surface area contributed by atoms with E-state index in [2.05, 4.69) is 15.3 Å². The predicted octanol–water partition coefficient (Wildman–Crippen LogP) is 1.67. The molecule has 18 heavy (non-hydrogen) atoms. The fraction of sp³-hybridized carbons (Fsp3) is 0.364. The van der Waals surface area contributed by atoms with Crippen molar-refractivity contribution < 1.29 is 9.53 Å². The Morgan fingerprint density at radius 2 is 2.44 bits per heavy atom. The van der Waals surface area contributed by atoms with Crippen LogP contribution in [-0.2, 0) is 18.3 Å². The van der Waals surface area contributed by atoms with Gasteiger partial charge in [-0.05, 0) is 6.92 Å². The van der Waals surface area contributed by atoms with Crippen molar-refractivity contribution in [3.05, 3.63) is 29.3 Å². The van der Waals surface area contributed by atoms with Gasteiger partial charge in [0.25, 0.3) is 0 Å². The molecule has 0 aromatic carbocycles. The predicted molar refractivity (Wildman–Crippen MR) is 68.6 cm³/mol. The summed E-state index contributed by atoms with van der Waals surface area (Å²) in [6.45, 7) is 2.69. The van der Waals surface area contributed by atoms with Crippen molar-refractivity contribution in [2.45, 2.75) is 13.5 Å². The molecule has 2 aromatic heterocycles. The van der Waals surface area contributed by atoms with E-state index >= 15 is 0 Å². The first-order valence-electron chi connectivity index (χ1n) is 5.53. The van der Waals surface area contributed by atoms with Gasteiger partial charge in [-0.25, -0.2) is 14.8 Å².